The number of amides is 2. The molecule has 4 nitrogen and oxygen atoms in total. The number of anilines is 1. The fourth-order valence-electron chi connectivity index (χ4n) is 2.02. The molecule has 0 saturated carbocycles. The fraction of sp³-hybridized carbons (Fsp3) is 0.188. The van der Waals surface area contributed by atoms with Gasteiger partial charge in [-0.25, -0.2) is 9.18 Å². The molecule has 8 heteroatoms. The molecule has 0 aliphatic rings. The molecule has 0 fully saturated rings. The Balaban J connectivity index is 2.05. The van der Waals surface area contributed by atoms with E-state index in [2.05, 4.69) is 5.32 Å². The molecule has 0 atom stereocenters. The molecule has 0 saturated heterocycles. The van der Waals surface area contributed by atoms with E-state index in [0.717, 1.165) is 0 Å². The number of nitrogens with one attached hydrogen (secondary N) is 2. The minimum absolute atomic E-state index is 0.0309. The van der Waals surface area contributed by atoms with Crippen molar-refractivity contribution in [3.05, 3.63) is 65.0 Å². The highest BCUT2D eigenvalue weighted by Crippen LogP contribution is 2.31. The first kappa shape index (κ1) is 17.7. The molecule has 0 aromatic heterocycles. The highest BCUT2D eigenvalue weighted by atomic mass is 19.4. The third-order valence-corrected chi connectivity index (χ3v) is 3.27. The number of hydrogen-bond acceptors (Lipinski definition) is 2. The molecule has 0 spiro atoms. The van der Waals surface area contributed by atoms with Crippen molar-refractivity contribution in [2.45, 2.75) is 19.3 Å². The van der Waals surface area contributed by atoms with E-state index < -0.39 is 29.3 Å². The van der Waals surface area contributed by atoms with Gasteiger partial charge in [-0.15, -0.1) is 0 Å². The Bertz CT molecular complexity index is 732. The maximum absolute atomic E-state index is 13.6. The van der Waals surface area contributed by atoms with Gasteiger partial charge in [0.15, 0.2) is 0 Å². The minimum Gasteiger partial charge on any atom is -0.392 e. The standard InChI is InChI=1S/C16H14F4N2O2/c17-13-6-5-12(16(18,19)20)7-14(13)22-15(24)21-8-10-3-1-2-4-11(10)9-23/h1-7,23H,8-9H2,(H2,21,22,24). The lowest BCUT2D eigenvalue weighted by Gasteiger charge is -2.12. The summed E-state index contributed by atoms with van der Waals surface area (Å²) in [6.45, 7) is -0.190. The van der Waals surface area contributed by atoms with Crippen LogP contribution in [0, 0.1) is 5.82 Å². The zero-order chi connectivity index (χ0) is 17.7. The van der Waals surface area contributed by atoms with Crippen molar-refractivity contribution in [2.75, 3.05) is 5.32 Å². The van der Waals surface area contributed by atoms with E-state index in [0.29, 0.717) is 29.3 Å². The molecule has 24 heavy (non-hydrogen) atoms. The number of halogens is 4. The van der Waals surface area contributed by atoms with Crippen LogP contribution in [0.3, 0.4) is 0 Å². The number of aliphatic hydroxyl groups is 1. The Morgan fingerprint density at radius 1 is 1.08 bits per heavy atom. The second-order valence-corrected chi connectivity index (χ2v) is 4.93. The van der Waals surface area contributed by atoms with Crippen molar-refractivity contribution in [3.8, 4) is 0 Å². The van der Waals surface area contributed by atoms with E-state index >= 15 is 0 Å². The van der Waals surface area contributed by atoms with Gasteiger partial charge in [0.25, 0.3) is 0 Å². The van der Waals surface area contributed by atoms with Crippen molar-refractivity contribution in [3.63, 3.8) is 0 Å². The first-order valence-electron chi connectivity index (χ1n) is 6.90. The predicted octanol–water partition coefficient (Wildman–Crippen LogP) is 3.66. The summed E-state index contributed by atoms with van der Waals surface area (Å²) in [6, 6.07) is 7.67. The van der Waals surface area contributed by atoms with Crippen molar-refractivity contribution in [1.82, 2.24) is 5.32 Å². The lowest BCUT2D eigenvalue weighted by molar-refractivity contribution is -0.137. The maximum atomic E-state index is 13.6. The topological polar surface area (TPSA) is 61.4 Å². The van der Waals surface area contributed by atoms with Crippen LogP contribution in [0.5, 0.6) is 0 Å². The van der Waals surface area contributed by atoms with Gasteiger partial charge in [0, 0.05) is 6.54 Å². The van der Waals surface area contributed by atoms with Gasteiger partial charge in [0.05, 0.1) is 17.9 Å². The van der Waals surface area contributed by atoms with Crippen LogP contribution in [0.4, 0.5) is 28.0 Å². The Morgan fingerprint density at radius 2 is 1.75 bits per heavy atom. The molecule has 0 heterocycles. The largest absolute Gasteiger partial charge is 0.416 e. The molecule has 0 radical (unpaired) electrons. The Morgan fingerprint density at radius 3 is 2.38 bits per heavy atom. The van der Waals surface area contributed by atoms with E-state index in [-0.39, 0.29) is 13.2 Å². The zero-order valence-electron chi connectivity index (χ0n) is 12.3. The van der Waals surface area contributed by atoms with Crippen molar-refractivity contribution in [1.29, 1.82) is 0 Å². The van der Waals surface area contributed by atoms with Gasteiger partial charge in [-0.05, 0) is 29.3 Å². The van der Waals surface area contributed by atoms with Gasteiger partial charge >= 0.3 is 12.2 Å². The normalized spacial score (nSPS) is 11.2. The SMILES string of the molecule is O=C(NCc1ccccc1CO)Nc1cc(C(F)(F)F)ccc1F. The Kier molecular flexibility index (Phi) is 5.40. The summed E-state index contributed by atoms with van der Waals surface area (Å²) in [7, 11) is 0. The first-order valence-corrected chi connectivity index (χ1v) is 6.90. The van der Waals surface area contributed by atoms with Gasteiger partial charge in [-0.1, -0.05) is 24.3 Å². The summed E-state index contributed by atoms with van der Waals surface area (Å²) in [5.41, 5.74) is -0.398. The Labute approximate surface area is 135 Å². The van der Waals surface area contributed by atoms with E-state index in [9.17, 15) is 27.5 Å². The summed E-state index contributed by atoms with van der Waals surface area (Å²) in [5, 5.41) is 13.6. The molecule has 2 rings (SSSR count). The average Bonchev–Trinajstić information content (AvgIpc) is 2.54. The van der Waals surface area contributed by atoms with Crippen molar-refractivity contribution >= 4 is 11.7 Å². The molecule has 3 N–H and O–H groups in total. The zero-order valence-corrected chi connectivity index (χ0v) is 12.3. The van der Waals surface area contributed by atoms with Gasteiger partial charge in [0.2, 0.25) is 0 Å². The quantitative estimate of drug-likeness (QED) is 0.743. The maximum Gasteiger partial charge on any atom is 0.416 e. The van der Waals surface area contributed by atoms with E-state index in [1.165, 1.54) is 0 Å². The summed E-state index contributed by atoms with van der Waals surface area (Å²) in [6.07, 6.45) is -4.64. The van der Waals surface area contributed by atoms with Crippen LogP contribution >= 0.6 is 0 Å². The van der Waals surface area contributed by atoms with Crippen molar-refractivity contribution < 1.29 is 27.5 Å². The summed E-state index contributed by atoms with van der Waals surface area (Å²) < 4.78 is 51.4. The molecular weight excluding hydrogens is 328 g/mol. The monoisotopic (exact) mass is 342 g/mol. The van der Waals surface area contributed by atoms with Crippen LogP contribution < -0.4 is 10.6 Å². The molecule has 2 aromatic rings. The third-order valence-electron chi connectivity index (χ3n) is 3.27. The van der Waals surface area contributed by atoms with Crippen LogP contribution in [0.25, 0.3) is 0 Å². The van der Waals surface area contributed by atoms with Crippen LogP contribution in [0.2, 0.25) is 0 Å². The first-order chi connectivity index (χ1) is 11.3. The average molecular weight is 342 g/mol. The summed E-state index contributed by atoms with van der Waals surface area (Å²) in [5.74, 6) is -0.978. The van der Waals surface area contributed by atoms with E-state index in [1.54, 1.807) is 24.3 Å². The lowest BCUT2D eigenvalue weighted by atomic mass is 10.1. The van der Waals surface area contributed by atoms with Crippen molar-refractivity contribution in [2.24, 2.45) is 0 Å². The third kappa shape index (κ3) is 4.45. The van der Waals surface area contributed by atoms with Gasteiger partial charge in [-0.3, -0.25) is 0 Å². The highest BCUT2D eigenvalue weighted by Gasteiger charge is 2.31. The van der Waals surface area contributed by atoms with E-state index in [4.69, 9.17) is 0 Å². The fourth-order valence-corrected chi connectivity index (χ4v) is 2.02. The van der Waals surface area contributed by atoms with Crippen LogP contribution in [-0.4, -0.2) is 11.1 Å². The number of carbonyl (C=O) groups is 1. The molecule has 2 amide bonds. The van der Waals surface area contributed by atoms with E-state index in [1.807, 2.05) is 5.32 Å². The molecule has 0 aliphatic carbocycles. The number of benzene rings is 2. The number of aliphatic hydroxyl groups excluding tert-OH is 1. The minimum atomic E-state index is -4.64. The molecule has 2 aromatic carbocycles. The van der Waals surface area contributed by atoms with Gasteiger partial charge in [-0.2, -0.15) is 13.2 Å². The summed E-state index contributed by atoms with van der Waals surface area (Å²) >= 11 is 0. The second-order valence-electron chi connectivity index (χ2n) is 4.93. The Hall–Kier alpha value is -2.61. The second kappa shape index (κ2) is 7.31. The number of hydrogen-bond donors (Lipinski definition) is 3. The molecule has 0 unspecified atom stereocenters. The lowest BCUT2D eigenvalue weighted by Crippen LogP contribution is -2.29. The molecule has 0 aliphatic heterocycles. The van der Waals surface area contributed by atoms with Crippen LogP contribution in [0.1, 0.15) is 16.7 Å². The number of alkyl halides is 3. The molecule has 128 valence electrons. The number of rotatable bonds is 4. The van der Waals surface area contributed by atoms with Crippen LogP contribution in [0.15, 0.2) is 42.5 Å². The van der Waals surface area contributed by atoms with Gasteiger partial charge in [0.1, 0.15) is 5.82 Å². The van der Waals surface area contributed by atoms with Gasteiger partial charge < -0.3 is 15.7 Å². The smallest absolute Gasteiger partial charge is 0.392 e. The molecule has 0 bridgehead atoms. The molecular formula is C16H14F4N2O2. The van der Waals surface area contributed by atoms with Crippen LogP contribution in [-0.2, 0) is 19.3 Å². The number of urea groups is 1. The number of carbonyl (C=O) groups excluding carboxylic acids is 1. The predicted molar refractivity (Wildman–Crippen MR) is 79.6 cm³/mol. The summed E-state index contributed by atoms with van der Waals surface area (Å²) in [4.78, 5) is 11.8. The highest BCUT2D eigenvalue weighted by molar-refractivity contribution is 5.89.